The Balaban J connectivity index is -0.000000354. The van der Waals surface area contributed by atoms with Crippen molar-refractivity contribution in [2.75, 3.05) is 73.1 Å². The molecule has 24 heavy (non-hydrogen) atoms. The van der Waals surface area contributed by atoms with E-state index in [2.05, 4.69) is 9.47 Å². The number of rotatable bonds is 14. The highest BCUT2D eigenvalue weighted by molar-refractivity contribution is 5.85. The van der Waals surface area contributed by atoms with Gasteiger partial charge in [0.2, 0.25) is 0 Å². The first-order chi connectivity index (χ1) is 11.1. The van der Waals surface area contributed by atoms with Gasteiger partial charge in [-0.15, -0.1) is 12.4 Å². The van der Waals surface area contributed by atoms with Gasteiger partial charge in [-0.25, -0.2) is 9.59 Å². The second kappa shape index (κ2) is 24.2. The van der Waals surface area contributed by atoms with Crippen LogP contribution in [-0.4, -0.2) is 90.1 Å². The van der Waals surface area contributed by atoms with Crippen LogP contribution in [0.15, 0.2) is 0 Å². The van der Waals surface area contributed by atoms with E-state index in [9.17, 15) is 9.59 Å². The summed E-state index contributed by atoms with van der Waals surface area (Å²) in [6.07, 6.45) is 0. The summed E-state index contributed by atoms with van der Waals surface area (Å²) >= 11 is 0. The van der Waals surface area contributed by atoms with Crippen LogP contribution in [0.4, 0.5) is 0 Å². The van der Waals surface area contributed by atoms with Crippen molar-refractivity contribution in [1.82, 2.24) is 0 Å². The molecule has 0 saturated heterocycles. The van der Waals surface area contributed by atoms with Gasteiger partial charge in [-0.3, -0.25) is 0 Å². The molecule has 0 saturated carbocycles. The van der Waals surface area contributed by atoms with Crippen LogP contribution in [0.2, 0.25) is 0 Å². The molecule has 0 aromatic heterocycles. The van der Waals surface area contributed by atoms with Gasteiger partial charge in [0, 0.05) is 13.1 Å². The number of esters is 1. The summed E-state index contributed by atoms with van der Waals surface area (Å²) in [5.74, 6) is -1.35. The zero-order valence-corrected chi connectivity index (χ0v) is 14.8. The number of aliphatic carboxylic acids is 1. The number of hydrogen-bond acceptors (Lipinski definition) is 9. The zero-order valence-electron chi connectivity index (χ0n) is 13.9. The largest absolute Gasteiger partial charge is 0.480 e. The van der Waals surface area contributed by atoms with Gasteiger partial charge in [0.05, 0.1) is 46.8 Å². The molecule has 0 aromatic rings. The summed E-state index contributed by atoms with van der Waals surface area (Å²) < 4.78 is 23.8. The Bertz CT molecular complexity index is 285. The van der Waals surface area contributed by atoms with E-state index in [1.54, 1.807) is 0 Å². The Kier molecular flexibility index (Phi) is 28.1. The van der Waals surface area contributed by atoms with Crippen molar-refractivity contribution in [2.24, 2.45) is 11.5 Å². The molecule has 0 unspecified atom stereocenters. The molecule has 0 fully saturated rings. The van der Waals surface area contributed by atoms with Crippen molar-refractivity contribution in [3.63, 3.8) is 0 Å². The van der Waals surface area contributed by atoms with Crippen molar-refractivity contribution in [2.45, 2.75) is 0 Å². The average molecular weight is 377 g/mol. The van der Waals surface area contributed by atoms with E-state index in [0.717, 1.165) is 0 Å². The second-order valence-corrected chi connectivity index (χ2v) is 3.88. The van der Waals surface area contributed by atoms with Crippen molar-refractivity contribution in [3.05, 3.63) is 0 Å². The summed E-state index contributed by atoms with van der Waals surface area (Å²) in [6.45, 7) is 3.20. The Morgan fingerprint density at radius 3 is 1.58 bits per heavy atom. The Hall–Kier alpha value is -1.01. The molecule has 0 spiro atoms. The quantitative estimate of drug-likeness (QED) is 0.244. The van der Waals surface area contributed by atoms with Crippen LogP contribution in [0.1, 0.15) is 0 Å². The van der Waals surface area contributed by atoms with Crippen LogP contribution in [-0.2, 0) is 33.3 Å². The Morgan fingerprint density at radius 2 is 1.21 bits per heavy atom. The summed E-state index contributed by atoms with van der Waals surface area (Å²) in [5, 5.41) is 8.13. The minimum absolute atomic E-state index is 0. The van der Waals surface area contributed by atoms with Crippen molar-refractivity contribution in [3.8, 4) is 0 Å². The van der Waals surface area contributed by atoms with Crippen molar-refractivity contribution < 1.29 is 38.4 Å². The van der Waals surface area contributed by atoms with Gasteiger partial charge in [0.1, 0.15) is 13.2 Å². The maximum atomic E-state index is 10.5. The maximum Gasteiger partial charge on any atom is 0.331 e. The molecule has 11 heteroatoms. The van der Waals surface area contributed by atoms with Gasteiger partial charge in [-0.05, 0) is 0 Å². The Labute approximate surface area is 148 Å². The fourth-order valence-electron chi connectivity index (χ4n) is 0.980. The van der Waals surface area contributed by atoms with Crippen LogP contribution in [0.3, 0.4) is 0 Å². The highest BCUT2D eigenvalue weighted by atomic mass is 35.5. The predicted octanol–water partition coefficient (Wildman–Crippen LogP) is -1.36. The third-order valence-electron chi connectivity index (χ3n) is 1.94. The Morgan fingerprint density at radius 1 is 0.792 bits per heavy atom. The van der Waals surface area contributed by atoms with E-state index in [1.807, 2.05) is 0 Å². The van der Waals surface area contributed by atoms with Crippen LogP contribution in [0.5, 0.6) is 0 Å². The van der Waals surface area contributed by atoms with Gasteiger partial charge in [-0.1, -0.05) is 0 Å². The van der Waals surface area contributed by atoms with Gasteiger partial charge in [0.25, 0.3) is 0 Å². The SMILES string of the molecule is COC(=O)COCCOCCN.Cl.NCCOCCOCC(=O)O. The van der Waals surface area contributed by atoms with E-state index >= 15 is 0 Å². The minimum atomic E-state index is -0.969. The highest BCUT2D eigenvalue weighted by Gasteiger charge is 1.98. The summed E-state index contributed by atoms with van der Waals surface area (Å²) in [4.78, 5) is 20.4. The van der Waals surface area contributed by atoms with Crippen LogP contribution in [0.25, 0.3) is 0 Å². The monoisotopic (exact) mass is 376 g/mol. The van der Waals surface area contributed by atoms with Gasteiger partial charge < -0.3 is 40.3 Å². The van der Waals surface area contributed by atoms with Gasteiger partial charge >= 0.3 is 11.9 Å². The topological polar surface area (TPSA) is 153 Å². The summed E-state index contributed by atoms with van der Waals surface area (Å²) in [7, 11) is 1.32. The highest BCUT2D eigenvalue weighted by Crippen LogP contribution is 1.80. The van der Waals surface area contributed by atoms with Crippen LogP contribution in [0, 0.1) is 0 Å². The van der Waals surface area contributed by atoms with Crippen LogP contribution < -0.4 is 11.5 Å². The molecule has 0 aliphatic heterocycles. The molecular weight excluding hydrogens is 348 g/mol. The predicted molar refractivity (Wildman–Crippen MR) is 88.3 cm³/mol. The van der Waals surface area contributed by atoms with E-state index in [0.29, 0.717) is 52.7 Å². The summed E-state index contributed by atoms with van der Waals surface area (Å²) in [5.41, 5.74) is 10.3. The van der Waals surface area contributed by atoms with E-state index in [1.165, 1.54) is 7.11 Å². The van der Waals surface area contributed by atoms with Crippen LogP contribution >= 0.6 is 12.4 Å². The first-order valence-corrected chi connectivity index (χ1v) is 7.08. The molecule has 0 aromatic carbocycles. The third kappa shape index (κ3) is 29.1. The summed E-state index contributed by atoms with van der Waals surface area (Å²) in [6, 6.07) is 0. The molecule has 5 N–H and O–H groups in total. The molecule has 0 aliphatic rings. The molecule has 0 heterocycles. The fourth-order valence-corrected chi connectivity index (χ4v) is 0.980. The average Bonchev–Trinajstić information content (AvgIpc) is 2.54. The lowest BCUT2D eigenvalue weighted by molar-refractivity contribution is -0.146. The standard InChI is InChI=1S/C7H15NO4.C6H13NO4.ClH/c1-10-7(9)6-12-5-4-11-3-2-8;7-1-2-10-3-4-11-5-6(8)9;/h2-6,8H2,1H3;1-5,7H2,(H,8,9);1H. The van der Waals surface area contributed by atoms with E-state index in [4.69, 9.17) is 30.8 Å². The van der Waals surface area contributed by atoms with Gasteiger partial charge in [-0.2, -0.15) is 0 Å². The molecule has 0 bridgehead atoms. The number of carbonyl (C=O) groups is 2. The van der Waals surface area contributed by atoms with Crippen molar-refractivity contribution in [1.29, 1.82) is 0 Å². The first kappa shape index (κ1) is 27.8. The van der Waals surface area contributed by atoms with E-state index in [-0.39, 0.29) is 31.6 Å². The number of halogens is 1. The number of carboxylic acids is 1. The normalized spacial score (nSPS) is 9.46. The molecule has 0 rings (SSSR count). The van der Waals surface area contributed by atoms with Crippen molar-refractivity contribution >= 4 is 24.3 Å². The first-order valence-electron chi connectivity index (χ1n) is 7.08. The van der Waals surface area contributed by atoms with Gasteiger partial charge in [0.15, 0.2) is 0 Å². The molecule has 0 amide bonds. The second-order valence-electron chi connectivity index (χ2n) is 3.88. The lowest BCUT2D eigenvalue weighted by Crippen LogP contribution is -2.15. The molecule has 0 atom stereocenters. The minimum Gasteiger partial charge on any atom is -0.480 e. The molecular formula is C13H29ClN2O8. The number of carboxylic acid groups (broad SMARTS) is 1. The fraction of sp³-hybridized carbons (Fsp3) is 0.846. The lowest BCUT2D eigenvalue weighted by Gasteiger charge is -2.03. The third-order valence-corrected chi connectivity index (χ3v) is 1.94. The zero-order chi connectivity index (χ0) is 17.8. The number of ether oxygens (including phenoxy) is 5. The molecule has 0 aliphatic carbocycles. The number of hydrogen-bond donors (Lipinski definition) is 3. The molecule has 146 valence electrons. The molecule has 0 radical (unpaired) electrons. The lowest BCUT2D eigenvalue weighted by atomic mass is 10.7. The smallest absolute Gasteiger partial charge is 0.331 e. The number of methoxy groups -OCH3 is 1. The maximum absolute atomic E-state index is 10.5. The number of nitrogens with two attached hydrogens (primary N) is 2. The molecule has 10 nitrogen and oxygen atoms in total. The van der Waals surface area contributed by atoms with E-state index < -0.39 is 5.97 Å². The number of carbonyl (C=O) groups excluding carboxylic acids is 1.